The molecule has 182 valence electrons. The summed E-state index contributed by atoms with van der Waals surface area (Å²) in [6, 6.07) is 0.416. The molecule has 1 saturated heterocycles. The zero-order valence-electron chi connectivity index (χ0n) is 22.3. The third-order valence-electron chi connectivity index (χ3n) is 11.1. The number of fused-ring (bicyclic) bond motifs is 5. The quantitative estimate of drug-likeness (QED) is 0.384. The maximum Gasteiger partial charge on any atom is 0.222 e. The van der Waals surface area contributed by atoms with E-state index in [1.807, 2.05) is 0 Å². The van der Waals surface area contributed by atoms with Crippen LogP contribution in [0.15, 0.2) is 11.6 Å². The van der Waals surface area contributed by atoms with Crippen molar-refractivity contribution in [2.24, 2.45) is 46.3 Å². The molecule has 0 N–H and O–H groups in total. The molecular formula is C30H51NO. The van der Waals surface area contributed by atoms with Gasteiger partial charge in [-0.2, -0.15) is 0 Å². The predicted molar refractivity (Wildman–Crippen MR) is 135 cm³/mol. The first kappa shape index (κ1) is 24.3. The number of nitrogens with zero attached hydrogens (tertiary/aromatic N) is 1. The molecule has 4 rings (SSSR count). The second kappa shape index (κ2) is 9.10. The van der Waals surface area contributed by atoms with Crippen molar-refractivity contribution in [3.05, 3.63) is 11.6 Å². The normalized spacial score (nSPS) is 43.9. The van der Waals surface area contributed by atoms with Gasteiger partial charge in [0.05, 0.1) is 0 Å². The highest BCUT2D eigenvalue weighted by atomic mass is 16.2. The van der Waals surface area contributed by atoms with Crippen LogP contribution >= 0.6 is 0 Å². The number of carbonyl (C=O) groups excluding carboxylic acids is 1. The molecule has 2 nitrogen and oxygen atoms in total. The Kier molecular flexibility index (Phi) is 6.92. The SMILES string of the molecule is CC/C=C1/C[C@H]2N(C)C(=O)CC[C@]2(C)C2CC[C@]3(C)C(C(C)CCCC(C)C)CCC3C12. The Morgan fingerprint density at radius 1 is 1.03 bits per heavy atom. The van der Waals surface area contributed by atoms with Gasteiger partial charge in [-0.05, 0) is 91.3 Å². The average molecular weight is 442 g/mol. The highest BCUT2D eigenvalue weighted by Gasteiger charge is 2.62. The minimum Gasteiger partial charge on any atom is -0.342 e. The third kappa shape index (κ3) is 3.90. The number of hydrogen-bond donors (Lipinski definition) is 0. The van der Waals surface area contributed by atoms with Crippen molar-refractivity contribution in [1.29, 1.82) is 0 Å². The number of allylic oxidation sites excluding steroid dienone is 1. The van der Waals surface area contributed by atoms with E-state index in [2.05, 4.69) is 59.6 Å². The van der Waals surface area contributed by atoms with E-state index in [1.54, 1.807) is 5.57 Å². The van der Waals surface area contributed by atoms with E-state index in [-0.39, 0.29) is 0 Å². The lowest BCUT2D eigenvalue weighted by Crippen LogP contribution is -2.62. The number of piperidine rings is 1. The molecule has 0 radical (unpaired) electrons. The summed E-state index contributed by atoms with van der Waals surface area (Å²) in [4.78, 5) is 14.7. The Hall–Kier alpha value is -0.790. The Bertz CT molecular complexity index is 724. The van der Waals surface area contributed by atoms with Crippen LogP contribution in [-0.2, 0) is 4.79 Å². The van der Waals surface area contributed by atoms with Crippen LogP contribution in [0.5, 0.6) is 0 Å². The van der Waals surface area contributed by atoms with Crippen molar-refractivity contribution in [2.45, 2.75) is 118 Å². The number of rotatable bonds is 6. The van der Waals surface area contributed by atoms with Gasteiger partial charge < -0.3 is 4.90 Å². The van der Waals surface area contributed by atoms with Gasteiger partial charge in [-0.15, -0.1) is 0 Å². The van der Waals surface area contributed by atoms with Crippen LogP contribution in [-0.4, -0.2) is 23.9 Å². The van der Waals surface area contributed by atoms with Crippen molar-refractivity contribution in [2.75, 3.05) is 7.05 Å². The summed E-state index contributed by atoms with van der Waals surface area (Å²) in [5.41, 5.74) is 2.55. The molecule has 1 heterocycles. The Morgan fingerprint density at radius 3 is 2.44 bits per heavy atom. The number of amides is 1. The molecule has 1 amide bonds. The van der Waals surface area contributed by atoms with Crippen LogP contribution in [0.4, 0.5) is 0 Å². The van der Waals surface area contributed by atoms with E-state index in [4.69, 9.17) is 0 Å². The Balaban J connectivity index is 1.60. The lowest BCUT2D eigenvalue weighted by molar-refractivity contribution is -0.152. The summed E-state index contributed by atoms with van der Waals surface area (Å²) in [5, 5.41) is 0. The maximum absolute atomic E-state index is 12.6. The fourth-order valence-corrected chi connectivity index (χ4v) is 9.40. The van der Waals surface area contributed by atoms with E-state index in [0.717, 1.165) is 61.2 Å². The minimum absolute atomic E-state index is 0.306. The first-order valence-corrected chi connectivity index (χ1v) is 14.1. The van der Waals surface area contributed by atoms with Gasteiger partial charge in [0.25, 0.3) is 0 Å². The van der Waals surface area contributed by atoms with E-state index >= 15 is 0 Å². The molecule has 3 saturated carbocycles. The van der Waals surface area contributed by atoms with Gasteiger partial charge in [0.1, 0.15) is 0 Å². The first-order chi connectivity index (χ1) is 15.1. The van der Waals surface area contributed by atoms with E-state index in [9.17, 15) is 4.79 Å². The molecule has 0 spiro atoms. The molecular weight excluding hydrogens is 390 g/mol. The largest absolute Gasteiger partial charge is 0.342 e. The molecule has 3 aliphatic carbocycles. The molecule has 2 heteroatoms. The molecule has 4 fully saturated rings. The summed E-state index contributed by atoms with van der Waals surface area (Å²) in [7, 11) is 2.09. The fraction of sp³-hybridized carbons (Fsp3) is 0.900. The number of carbonyl (C=O) groups is 1. The molecule has 0 aromatic carbocycles. The van der Waals surface area contributed by atoms with Crippen LogP contribution < -0.4 is 0 Å². The predicted octanol–water partition coefficient (Wildman–Crippen LogP) is 7.87. The lowest BCUT2D eigenvalue weighted by Gasteiger charge is -2.62. The second-order valence-electron chi connectivity index (χ2n) is 13.2. The van der Waals surface area contributed by atoms with Crippen molar-refractivity contribution >= 4 is 5.91 Å². The van der Waals surface area contributed by atoms with E-state index in [1.165, 1.54) is 44.9 Å². The standard InChI is InChI=1S/C30H51NO/c1-8-10-22-19-26-30(6,18-16-27(32)31(26)7)25-15-17-29(5)23(13-14-24(29)28(22)25)21(4)12-9-11-20(2)3/h10,20-21,23-26,28H,8-9,11-19H2,1-7H3/b22-10-/t21?,23?,24?,25?,26-,28?,29-,30-/m1/s1. The first-order valence-electron chi connectivity index (χ1n) is 14.1. The molecule has 0 aromatic heterocycles. The maximum atomic E-state index is 12.6. The Labute approximate surface area is 199 Å². The van der Waals surface area contributed by atoms with E-state index in [0.29, 0.717) is 22.8 Å². The van der Waals surface area contributed by atoms with Gasteiger partial charge in [-0.25, -0.2) is 0 Å². The zero-order valence-corrected chi connectivity index (χ0v) is 22.3. The molecule has 8 atom stereocenters. The molecule has 0 bridgehead atoms. The summed E-state index contributed by atoms with van der Waals surface area (Å²) in [6.07, 6.45) is 16.6. The Morgan fingerprint density at radius 2 is 1.75 bits per heavy atom. The molecule has 0 aromatic rings. The summed E-state index contributed by atoms with van der Waals surface area (Å²) in [5.74, 6) is 5.37. The summed E-state index contributed by atoms with van der Waals surface area (Å²) in [6.45, 7) is 14.9. The van der Waals surface area contributed by atoms with Gasteiger partial charge in [-0.3, -0.25) is 4.79 Å². The molecule has 32 heavy (non-hydrogen) atoms. The van der Waals surface area contributed by atoms with Gasteiger partial charge in [0.2, 0.25) is 5.91 Å². The van der Waals surface area contributed by atoms with Crippen molar-refractivity contribution in [3.63, 3.8) is 0 Å². The average Bonchev–Trinajstić information content (AvgIpc) is 3.09. The van der Waals surface area contributed by atoms with Gasteiger partial charge in [0.15, 0.2) is 0 Å². The number of likely N-dealkylation sites (tertiary alicyclic amines) is 1. The van der Waals surface area contributed by atoms with Crippen molar-refractivity contribution < 1.29 is 4.79 Å². The third-order valence-corrected chi connectivity index (χ3v) is 11.1. The van der Waals surface area contributed by atoms with Gasteiger partial charge in [-0.1, -0.05) is 72.5 Å². The lowest BCUT2D eigenvalue weighted by atomic mass is 9.45. The van der Waals surface area contributed by atoms with Gasteiger partial charge >= 0.3 is 0 Å². The topological polar surface area (TPSA) is 20.3 Å². The molecule has 5 unspecified atom stereocenters. The monoisotopic (exact) mass is 441 g/mol. The van der Waals surface area contributed by atoms with Crippen LogP contribution in [0.2, 0.25) is 0 Å². The highest BCUT2D eigenvalue weighted by Crippen LogP contribution is 2.68. The zero-order chi connectivity index (χ0) is 23.3. The fourth-order valence-electron chi connectivity index (χ4n) is 9.40. The molecule has 1 aliphatic heterocycles. The van der Waals surface area contributed by atoms with Gasteiger partial charge in [0, 0.05) is 19.5 Å². The summed E-state index contributed by atoms with van der Waals surface area (Å²) < 4.78 is 0. The summed E-state index contributed by atoms with van der Waals surface area (Å²) >= 11 is 0. The molecule has 4 aliphatic rings. The van der Waals surface area contributed by atoms with Crippen LogP contribution in [0, 0.1) is 46.3 Å². The van der Waals surface area contributed by atoms with Crippen molar-refractivity contribution in [1.82, 2.24) is 4.90 Å². The van der Waals surface area contributed by atoms with Crippen LogP contribution in [0.1, 0.15) is 112 Å². The van der Waals surface area contributed by atoms with Crippen LogP contribution in [0.3, 0.4) is 0 Å². The highest BCUT2D eigenvalue weighted by molar-refractivity contribution is 5.77. The van der Waals surface area contributed by atoms with Crippen LogP contribution in [0.25, 0.3) is 0 Å². The smallest absolute Gasteiger partial charge is 0.222 e. The second-order valence-corrected chi connectivity index (χ2v) is 13.2. The minimum atomic E-state index is 0.306. The van der Waals surface area contributed by atoms with E-state index < -0.39 is 0 Å². The van der Waals surface area contributed by atoms with Crippen molar-refractivity contribution in [3.8, 4) is 0 Å². The number of hydrogen-bond acceptors (Lipinski definition) is 1.